The van der Waals surface area contributed by atoms with Crippen molar-refractivity contribution in [1.29, 1.82) is 0 Å². The number of aryl methyl sites for hydroxylation is 2. The van der Waals surface area contributed by atoms with E-state index in [4.69, 9.17) is 0 Å². The van der Waals surface area contributed by atoms with Crippen molar-refractivity contribution in [2.75, 3.05) is 0 Å². The molecule has 1 N–H and O–H groups in total. The Kier molecular flexibility index (Phi) is 2.57. The zero-order chi connectivity index (χ0) is 11.9. The number of aromatic amines is 1. The van der Waals surface area contributed by atoms with Crippen molar-refractivity contribution in [2.24, 2.45) is 5.41 Å². The molecule has 0 saturated heterocycles. The van der Waals surface area contributed by atoms with Gasteiger partial charge >= 0.3 is 0 Å². The summed E-state index contributed by atoms with van der Waals surface area (Å²) in [6.07, 6.45) is 3.29. The molecule has 1 nitrogen and oxygen atoms in total. The second kappa shape index (κ2) is 3.65. The third-order valence-corrected chi connectivity index (χ3v) is 2.94. The van der Waals surface area contributed by atoms with Crippen LogP contribution in [0.25, 0.3) is 10.9 Å². The number of fused-ring (bicyclic) bond motifs is 1. The van der Waals surface area contributed by atoms with E-state index in [1.165, 1.54) is 27.6 Å². The maximum absolute atomic E-state index is 3.41. The molecule has 1 heteroatoms. The first-order chi connectivity index (χ1) is 7.37. The summed E-state index contributed by atoms with van der Waals surface area (Å²) in [6, 6.07) is 4.53. The van der Waals surface area contributed by atoms with E-state index in [0.717, 1.165) is 6.42 Å². The van der Waals surface area contributed by atoms with E-state index in [2.05, 4.69) is 57.9 Å². The molecule has 86 valence electrons. The minimum Gasteiger partial charge on any atom is -0.361 e. The second-order valence-corrected chi connectivity index (χ2v) is 6.06. The van der Waals surface area contributed by atoms with Crippen LogP contribution in [0.15, 0.2) is 18.3 Å². The number of nitrogens with one attached hydrogen (secondary N) is 1. The van der Waals surface area contributed by atoms with Gasteiger partial charge < -0.3 is 4.98 Å². The monoisotopic (exact) mass is 215 g/mol. The molecule has 0 fully saturated rings. The first-order valence-electron chi connectivity index (χ1n) is 5.94. The number of H-pyrrole nitrogens is 1. The predicted molar refractivity (Wildman–Crippen MR) is 70.9 cm³/mol. The molecule has 0 radical (unpaired) electrons. The zero-order valence-corrected chi connectivity index (χ0v) is 10.9. The van der Waals surface area contributed by atoms with Crippen molar-refractivity contribution in [2.45, 2.75) is 41.0 Å². The van der Waals surface area contributed by atoms with Gasteiger partial charge in [-0.3, -0.25) is 0 Å². The predicted octanol–water partition coefficient (Wildman–Crippen LogP) is 4.37. The van der Waals surface area contributed by atoms with Crippen LogP contribution in [0.5, 0.6) is 0 Å². The Bertz CT molecular complexity index is 512. The number of rotatable bonds is 1. The summed E-state index contributed by atoms with van der Waals surface area (Å²) < 4.78 is 0. The fraction of sp³-hybridized carbons (Fsp3) is 0.467. The molecule has 0 bridgehead atoms. The van der Waals surface area contributed by atoms with Crippen molar-refractivity contribution in [3.8, 4) is 0 Å². The molecule has 16 heavy (non-hydrogen) atoms. The molecule has 0 aliphatic heterocycles. The lowest BCUT2D eigenvalue weighted by Crippen LogP contribution is -2.08. The Labute approximate surface area is 97.9 Å². The molecular formula is C15H21N. The largest absolute Gasteiger partial charge is 0.361 e. The Morgan fingerprint density at radius 3 is 2.44 bits per heavy atom. The van der Waals surface area contributed by atoms with Crippen LogP contribution in [0.2, 0.25) is 0 Å². The highest BCUT2D eigenvalue weighted by Gasteiger charge is 2.15. The Hall–Kier alpha value is -1.24. The van der Waals surface area contributed by atoms with Gasteiger partial charge in [-0.25, -0.2) is 0 Å². The van der Waals surface area contributed by atoms with Gasteiger partial charge in [0.2, 0.25) is 0 Å². The van der Waals surface area contributed by atoms with E-state index in [1.807, 2.05) is 0 Å². The minimum absolute atomic E-state index is 0.340. The molecule has 0 unspecified atom stereocenters. The minimum atomic E-state index is 0.340. The van der Waals surface area contributed by atoms with Gasteiger partial charge in [0.1, 0.15) is 0 Å². The van der Waals surface area contributed by atoms with E-state index in [9.17, 15) is 0 Å². The third kappa shape index (κ3) is 2.13. The maximum atomic E-state index is 3.41. The van der Waals surface area contributed by atoms with E-state index >= 15 is 0 Å². The van der Waals surface area contributed by atoms with Gasteiger partial charge in [0.05, 0.1) is 0 Å². The quantitative estimate of drug-likeness (QED) is 0.727. The third-order valence-electron chi connectivity index (χ3n) is 2.94. The van der Waals surface area contributed by atoms with Crippen LogP contribution in [0, 0.1) is 19.3 Å². The van der Waals surface area contributed by atoms with Crippen molar-refractivity contribution in [3.05, 3.63) is 35.0 Å². The standard InChI is InChI=1S/C15H21N/c1-10-6-11(2)14-13(7-10)12(9-16-14)8-15(3,4)5/h6-7,9,16H,8H2,1-5H3. The molecule has 1 heterocycles. The van der Waals surface area contributed by atoms with Crippen LogP contribution >= 0.6 is 0 Å². The molecular weight excluding hydrogens is 194 g/mol. The maximum Gasteiger partial charge on any atom is 0.0486 e. The fourth-order valence-corrected chi connectivity index (χ4v) is 2.37. The molecule has 0 aliphatic carbocycles. The first-order valence-corrected chi connectivity index (χ1v) is 5.94. The average Bonchev–Trinajstić information content (AvgIpc) is 2.46. The van der Waals surface area contributed by atoms with Crippen LogP contribution in [-0.2, 0) is 6.42 Å². The molecule has 1 aromatic carbocycles. The van der Waals surface area contributed by atoms with Crippen LogP contribution in [-0.4, -0.2) is 4.98 Å². The van der Waals surface area contributed by atoms with Crippen molar-refractivity contribution in [1.82, 2.24) is 4.98 Å². The summed E-state index contributed by atoms with van der Waals surface area (Å²) >= 11 is 0. The summed E-state index contributed by atoms with van der Waals surface area (Å²) in [4.78, 5) is 3.41. The van der Waals surface area contributed by atoms with Gasteiger partial charge in [0.15, 0.2) is 0 Å². The van der Waals surface area contributed by atoms with Crippen LogP contribution in [0.1, 0.15) is 37.5 Å². The lowest BCUT2D eigenvalue weighted by atomic mass is 9.88. The SMILES string of the molecule is Cc1cc(C)c2[nH]cc(CC(C)(C)C)c2c1. The molecule has 0 saturated carbocycles. The van der Waals surface area contributed by atoms with Crippen LogP contribution in [0.4, 0.5) is 0 Å². The van der Waals surface area contributed by atoms with E-state index in [-0.39, 0.29) is 0 Å². The lowest BCUT2D eigenvalue weighted by molar-refractivity contribution is 0.412. The number of hydrogen-bond acceptors (Lipinski definition) is 0. The molecule has 0 amide bonds. The van der Waals surface area contributed by atoms with Gasteiger partial charge in [-0.2, -0.15) is 0 Å². The Balaban J connectivity index is 2.56. The first kappa shape index (κ1) is 11.3. The molecule has 0 aliphatic rings. The van der Waals surface area contributed by atoms with E-state index in [0.29, 0.717) is 5.41 Å². The molecule has 1 aromatic heterocycles. The smallest absolute Gasteiger partial charge is 0.0486 e. The highest BCUT2D eigenvalue weighted by molar-refractivity contribution is 5.86. The average molecular weight is 215 g/mol. The summed E-state index contributed by atoms with van der Waals surface area (Å²) in [6.45, 7) is 11.2. The normalized spacial score (nSPS) is 12.3. The summed E-state index contributed by atoms with van der Waals surface area (Å²) in [5.74, 6) is 0. The van der Waals surface area contributed by atoms with Gasteiger partial charge in [0.25, 0.3) is 0 Å². The molecule has 0 atom stereocenters. The molecule has 2 rings (SSSR count). The van der Waals surface area contributed by atoms with E-state index in [1.54, 1.807) is 0 Å². The van der Waals surface area contributed by atoms with Crippen LogP contribution in [0.3, 0.4) is 0 Å². The summed E-state index contributed by atoms with van der Waals surface area (Å²) in [5.41, 5.74) is 5.77. The topological polar surface area (TPSA) is 15.8 Å². The zero-order valence-electron chi connectivity index (χ0n) is 10.9. The van der Waals surface area contributed by atoms with Gasteiger partial charge in [-0.15, -0.1) is 0 Å². The molecule has 2 aromatic rings. The fourth-order valence-electron chi connectivity index (χ4n) is 2.37. The van der Waals surface area contributed by atoms with Crippen molar-refractivity contribution in [3.63, 3.8) is 0 Å². The summed E-state index contributed by atoms with van der Waals surface area (Å²) in [7, 11) is 0. The molecule has 0 spiro atoms. The Morgan fingerprint density at radius 2 is 1.81 bits per heavy atom. The second-order valence-electron chi connectivity index (χ2n) is 6.06. The highest BCUT2D eigenvalue weighted by Crippen LogP contribution is 2.28. The van der Waals surface area contributed by atoms with Crippen LogP contribution < -0.4 is 0 Å². The lowest BCUT2D eigenvalue weighted by Gasteiger charge is -2.17. The van der Waals surface area contributed by atoms with E-state index < -0.39 is 0 Å². The van der Waals surface area contributed by atoms with Gasteiger partial charge in [-0.05, 0) is 42.9 Å². The Morgan fingerprint density at radius 1 is 1.12 bits per heavy atom. The number of aromatic nitrogens is 1. The van der Waals surface area contributed by atoms with Gasteiger partial charge in [0, 0.05) is 17.1 Å². The van der Waals surface area contributed by atoms with Crippen molar-refractivity contribution < 1.29 is 0 Å². The van der Waals surface area contributed by atoms with Gasteiger partial charge in [-0.1, -0.05) is 32.4 Å². The highest BCUT2D eigenvalue weighted by atomic mass is 14.7. The summed E-state index contributed by atoms with van der Waals surface area (Å²) in [5, 5.41) is 1.40. The van der Waals surface area contributed by atoms with Crippen molar-refractivity contribution >= 4 is 10.9 Å². The number of benzene rings is 1. The number of hydrogen-bond donors (Lipinski definition) is 1.